The van der Waals surface area contributed by atoms with E-state index >= 15 is 0 Å². The van der Waals surface area contributed by atoms with Crippen LogP contribution in [-0.4, -0.2) is 16.4 Å². The summed E-state index contributed by atoms with van der Waals surface area (Å²) >= 11 is 5.88. The molecular formula is C15H23ClN2O. The summed E-state index contributed by atoms with van der Waals surface area (Å²) in [4.78, 5) is 16.3. The lowest BCUT2D eigenvalue weighted by Gasteiger charge is -2.33. The molecule has 0 aliphatic heterocycles. The lowest BCUT2D eigenvalue weighted by atomic mass is 9.81. The fourth-order valence-electron chi connectivity index (χ4n) is 2.51. The molecule has 0 radical (unpaired) electrons. The van der Waals surface area contributed by atoms with Gasteiger partial charge in [-0.05, 0) is 44.7 Å². The maximum atomic E-state index is 12.3. The van der Waals surface area contributed by atoms with Crippen LogP contribution in [0.1, 0.15) is 57.1 Å². The van der Waals surface area contributed by atoms with Gasteiger partial charge >= 0.3 is 0 Å². The second-order valence-corrected chi connectivity index (χ2v) is 7.28. The van der Waals surface area contributed by atoms with Crippen LogP contribution in [0.5, 0.6) is 0 Å². The molecule has 0 aromatic carbocycles. The molecule has 0 fully saturated rings. The summed E-state index contributed by atoms with van der Waals surface area (Å²) in [6.45, 7) is 12.4. The summed E-state index contributed by atoms with van der Waals surface area (Å²) in [6.07, 6.45) is 0.892. The number of carbonyl (C=O) groups is 1. The molecule has 0 atom stereocenters. The first kappa shape index (κ1) is 16.0. The van der Waals surface area contributed by atoms with Crippen LogP contribution in [0.25, 0.3) is 0 Å². The third-order valence-electron chi connectivity index (χ3n) is 2.61. The van der Waals surface area contributed by atoms with Crippen LogP contribution in [0.2, 0.25) is 5.15 Å². The highest BCUT2D eigenvalue weighted by Gasteiger charge is 2.27. The highest BCUT2D eigenvalue weighted by Crippen LogP contribution is 2.27. The molecular weight excluding hydrogens is 260 g/mol. The van der Waals surface area contributed by atoms with Crippen molar-refractivity contribution in [2.75, 3.05) is 0 Å². The minimum Gasteiger partial charge on any atom is -0.347 e. The standard InChI is InChI=1S/C15H23ClN2O/c1-10-7-11(8-12(16)17-10)13(19)18-15(5,6)9-14(2,3)4/h7-8H,9H2,1-6H3,(H,18,19). The largest absolute Gasteiger partial charge is 0.347 e. The molecule has 1 aromatic heterocycles. The smallest absolute Gasteiger partial charge is 0.251 e. The van der Waals surface area contributed by atoms with Crippen molar-refractivity contribution < 1.29 is 4.79 Å². The van der Waals surface area contributed by atoms with Crippen LogP contribution < -0.4 is 5.32 Å². The van der Waals surface area contributed by atoms with E-state index in [1.54, 1.807) is 12.1 Å². The molecule has 1 amide bonds. The SMILES string of the molecule is Cc1cc(C(=O)NC(C)(C)CC(C)(C)C)cc(Cl)n1. The normalized spacial score (nSPS) is 12.4. The highest BCUT2D eigenvalue weighted by atomic mass is 35.5. The molecule has 0 bridgehead atoms. The number of hydrogen-bond donors (Lipinski definition) is 1. The molecule has 106 valence electrons. The van der Waals surface area contributed by atoms with Crippen LogP contribution in [0, 0.1) is 12.3 Å². The molecule has 0 spiro atoms. The number of nitrogens with zero attached hydrogens (tertiary/aromatic N) is 1. The van der Waals surface area contributed by atoms with Gasteiger partial charge in [-0.2, -0.15) is 0 Å². The molecule has 0 saturated carbocycles. The molecule has 3 nitrogen and oxygen atoms in total. The van der Waals surface area contributed by atoms with Gasteiger partial charge in [0.05, 0.1) is 0 Å². The van der Waals surface area contributed by atoms with Crippen molar-refractivity contribution in [3.05, 3.63) is 28.5 Å². The first-order chi connectivity index (χ1) is 8.48. The van der Waals surface area contributed by atoms with Gasteiger partial charge in [0.25, 0.3) is 5.91 Å². The zero-order chi connectivity index (χ0) is 14.8. The fourth-order valence-corrected chi connectivity index (χ4v) is 2.76. The molecule has 4 heteroatoms. The molecule has 1 N–H and O–H groups in total. The summed E-state index contributed by atoms with van der Waals surface area (Å²) in [6, 6.07) is 3.34. The van der Waals surface area contributed by atoms with Crippen molar-refractivity contribution in [2.24, 2.45) is 5.41 Å². The Morgan fingerprint density at radius 2 is 1.84 bits per heavy atom. The van der Waals surface area contributed by atoms with Gasteiger partial charge in [0.1, 0.15) is 5.15 Å². The second kappa shape index (κ2) is 5.49. The van der Waals surface area contributed by atoms with Crippen LogP contribution in [0.15, 0.2) is 12.1 Å². The molecule has 0 saturated heterocycles. The van der Waals surface area contributed by atoms with Crippen molar-refractivity contribution in [1.29, 1.82) is 0 Å². The number of halogens is 1. The Labute approximate surface area is 120 Å². The van der Waals surface area contributed by atoms with Crippen molar-refractivity contribution in [3.8, 4) is 0 Å². The molecule has 1 rings (SSSR count). The van der Waals surface area contributed by atoms with Crippen LogP contribution in [0.3, 0.4) is 0 Å². The lowest BCUT2D eigenvalue weighted by molar-refractivity contribution is 0.0891. The molecule has 0 aliphatic carbocycles. The Balaban J connectivity index is 2.84. The van der Waals surface area contributed by atoms with Crippen molar-refractivity contribution in [1.82, 2.24) is 10.3 Å². The number of amides is 1. The Kier molecular flexibility index (Phi) is 4.62. The summed E-state index contributed by atoms with van der Waals surface area (Å²) < 4.78 is 0. The summed E-state index contributed by atoms with van der Waals surface area (Å²) in [5.74, 6) is -0.110. The quantitative estimate of drug-likeness (QED) is 0.852. The number of rotatable bonds is 3. The topological polar surface area (TPSA) is 42.0 Å². The first-order valence-electron chi connectivity index (χ1n) is 6.45. The molecule has 1 aromatic rings. The number of nitrogens with one attached hydrogen (secondary N) is 1. The van der Waals surface area contributed by atoms with Crippen molar-refractivity contribution in [3.63, 3.8) is 0 Å². The number of hydrogen-bond acceptors (Lipinski definition) is 2. The third kappa shape index (κ3) is 5.60. The minimum atomic E-state index is -0.265. The lowest BCUT2D eigenvalue weighted by Crippen LogP contribution is -2.45. The van der Waals surface area contributed by atoms with Gasteiger partial charge in [-0.3, -0.25) is 4.79 Å². The van der Waals surface area contributed by atoms with E-state index in [1.165, 1.54) is 0 Å². The summed E-state index contributed by atoms with van der Waals surface area (Å²) in [5.41, 5.74) is 1.19. The molecule has 0 aliphatic rings. The van der Waals surface area contributed by atoms with Gasteiger partial charge in [-0.25, -0.2) is 4.98 Å². The fraction of sp³-hybridized carbons (Fsp3) is 0.600. The number of aryl methyl sites for hydroxylation is 1. The Morgan fingerprint density at radius 3 is 2.32 bits per heavy atom. The van der Waals surface area contributed by atoms with Crippen molar-refractivity contribution >= 4 is 17.5 Å². The highest BCUT2D eigenvalue weighted by molar-refractivity contribution is 6.29. The molecule has 0 unspecified atom stereocenters. The number of pyridine rings is 1. The predicted octanol–water partition coefficient (Wildman–Crippen LogP) is 3.99. The van der Waals surface area contributed by atoms with Crippen LogP contribution in [-0.2, 0) is 0 Å². The predicted molar refractivity (Wildman–Crippen MR) is 79.6 cm³/mol. The van der Waals surface area contributed by atoms with Crippen LogP contribution >= 0.6 is 11.6 Å². The first-order valence-corrected chi connectivity index (χ1v) is 6.83. The monoisotopic (exact) mass is 282 g/mol. The molecule has 19 heavy (non-hydrogen) atoms. The van der Waals surface area contributed by atoms with Crippen LogP contribution in [0.4, 0.5) is 0 Å². The Hall–Kier alpha value is -1.09. The molecule has 1 heterocycles. The Bertz CT molecular complexity index is 455. The summed E-state index contributed by atoms with van der Waals surface area (Å²) in [7, 11) is 0. The maximum Gasteiger partial charge on any atom is 0.251 e. The van der Waals surface area contributed by atoms with Gasteiger partial charge in [0, 0.05) is 16.8 Å². The minimum absolute atomic E-state index is 0.110. The Morgan fingerprint density at radius 1 is 1.26 bits per heavy atom. The number of aromatic nitrogens is 1. The van der Waals surface area contributed by atoms with E-state index in [2.05, 4.69) is 31.1 Å². The maximum absolute atomic E-state index is 12.3. The zero-order valence-corrected chi connectivity index (χ0v) is 13.4. The van der Waals surface area contributed by atoms with E-state index in [1.807, 2.05) is 20.8 Å². The van der Waals surface area contributed by atoms with E-state index in [0.717, 1.165) is 12.1 Å². The van der Waals surface area contributed by atoms with Gasteiger partial charge in [0.2, 0.25) is 0 Å². The average Bonchev–Trinajstić information content (AvgIpc) is 2.10. The van der Waals surface area contributed by atoms with Gasteiger partial charge in [0.15, 0.2) is 0 Å². The van der Waals surface area contributed by atoms with E-state index in [-0.39, 0.29) is 16.9 Å². The second-order valence-electron chi connectivity index (χ2n) is 6.90. The van der Waals surface area contributed by atoms with E-state index in [4.69, 9.17) is 11.6 Å². The number of carbonyl (C=O) groups excluding carboxylic acids is 1. The van der Waals surface area contributed by atoms with E-state index in [0.29, 0.717) is 10.7 Å². The van der Waals surface area contributed by atoms with Gasteiger partial charge in [-0.1, -0.05) is 32.4 Å². The van der Waals surface area contributed by atoms with Gasteiger partial charge in [-0.15, -0.1) is 0 Å². The summed E-state index contributed by atoms with van der Waals surface area (Å²) in [5, 5.41) is 3.40. The third-order valence-corrected chi connectivity index (χ3v) is 2.80. The average molecular weight is 283 g/mol. The van der Waals surface area contributed by atoms with Gasteiger partial charge < -0.3 is 5.32 Å². The van der Waals surface area contributed by atoms with E-state index in [9.17, 15) is 4.79 Å². The van der Waals surface area contributed by atoms with E-state index < -0.39 is 0 Å². The zero-order valence-electron chi connectivity index (χ0n) is 12.6. The van der Waals surface area contributed by atoms with Crippen molar-refractivity contribution in [2.45, 2.75) is 53.5 Å².